The highest BCUT2D eigenvalue weighted by Gasteiger charge is 2.41. The third-order valence-electron chi connectivity index (χ3n) is 4.59. The summed E-state index contributed by atoms with van der Waals surface area (Å²) >= 11 is 0. The van der Waals surface area contributed by atoms with Gasteiger partial charge < -0.3 is 16.0 Å². The van der Waals surface area contributed by atoms with Crippen molar-refractivity contribution in [3.63, 3.8) is 0 Å². The fraction of sp³-hybridized carbons (Fsp3) is 0.857. The minimum atomic E-state index is -0.436. The van der Waals surface area contributed by atoms with Crippen molar-refractivity contribution in [3.8, 4) is 0 Å². The van der Waals surface area contributed by atoms with Crippen molar-refractivity contribution < 1.29 is 9.59 Å². The molecular weight excluding hydrogens is 256 g/mol. The van der Waals surface area contributed by atoms with Gasteiger partial charge in [-0.25, -0.2) is 0 Å². The molecular formula is C14H26N4O2. The molecule has 0 radical (unpaired) electrons. The van der Waals surface area contributed by atoms with Gasteiger partial charge in [0.15, 0.2) is 0 Å². The molecule has 2 aliphatic rings. The number of piperidine rings is 1. The van der Waals surface area contributed by atoms with Crippen LogP contribution in [0.25, 0.3) is 0 Å². The summed E-state index contributed by atoms with van der Waals surface area (Å²) in [6.45, 7) is 5.38. The van der Waals surface area contributed by atoms with Crippen LogP contribution in [0.1, 0.15) is 26.2 Å². The Morgan fingerprint density at radius 2 is 1.95 bits per heavy atom. The second kappa shape index (κ2) is 6.10. The van der Waals surface area contributed by atoms with Crippen molar-refractivity contribution in [2.45, 2.75) is 32.2 Å². The summed E-state index contributed by atoms with van der Waals surface area (Å²) in [5, 5.41) is 2.69. The van der Waals surface area contributed by atoms with Crippen LogP contribution in [0.4, 0.5) is 0 Å². The number of hydrogen-bond acceptors (Lipinski definition) is 4. The monoisotopic (exact) mass is 282 g/mol. The van der Waals surface area contributed by atoms with Crippen molar-refractivity contribution in [3.05, 3.63) is 0 Å². The summed E-state index contributed by atoms with van der Waals surface area (Å²) in [4.78, 5) is 28.2. The fourth-order valence-electron chi connectivity index (χ4n) is 3.06. The molecule has 0 aromatic rings. The predicted octanol–water partition coefficient (Wildman–Crippen LogP) is -0.606. The minimum absolute atomic E-state index is 0.0248. The highest BCUT2D eigenvalue weighted by Crippen LogP contribution is 2.30. The Balaban J connectivity index is 1.84. The maximum Gasteiger partial charge on any atom is 0.236 e. The lowest BCUT2D eigenvalue weighted by atomic mass is 9.89. The van der Waals surface area contributed by atoms with Crippen molar-refractivity contribution in [2.24, 2.45) is 11.1 Å². The van der Waals surface area contributed by atoms with E-state index < -0.39 is 5.41 Å². The van der Waals surface area contributed by atoms with E-state index in [2.05, 4.69) is 10.2 Å². The quantitative estimate of drug-likeness (QED) is 0.724. The van der Waals surface area contributed by atoms with Crippen molar-refractivity contribution in [1.29, 1.82) is 0 Å². The normalized spacial score (nSPS) is 28.6. The van der Waals surface area contributed by atoms with Gasteiger partial charge in [-0.05, 0) is 26.2 Å². The molecule has 1 atom stereocenters. The summed E-state index contributed by atoms with van der Waals surface area (Å²) in [5.74, 6) is 0.157. The predicted molar refractivity (Wildman–Crippen MR) is 77.0 cm³/mol. The zero-order valence-corrected chi connectivity index (χ0v) is 12.5. The second-order valence-corrected chi connectivity index (χ2v) is 6.32. The highest BCUT2D eigenvalue weighted by molar-refractivity contribution is 5.85. The lowest BCUT2D eigenvalue weighted by Gasteiger charge is -2.31. The molecule has 0 aromatic carbocycles. The molecule has 114 valence electrons. The zero-order chi connectivity index (χ0) is 14.8. The molecule has 2 saturated heterocycles. The van der Waals surface area contributed by atoms with Gasteiger partial charge in [0.1, 0.15) is 0 Å². The molecule has 2 amide bonds. The first-order valence-corrected chi connectivity index (χ1v) is 7.42. The summed E-state index contributed by atoms with van der Waals surface area (Å²) in [5.41, 5.74) is 5.43. The van der Waals surface area contributed by atoms with Gasteiger partial charge in [-0.3, -0.25) is 14.5 Å². The van der Waals surface area contributed by atoms with Crippen molar-refractivity contribution in [1.82, 2.24) is 15.1 Å². The summed E-state index contributed by atoms with van der Waals surface area (Å²) < 4.78 is 0. The van der Waals surface area contributed by atoms with E-state index in [0.717, 1.165) is 32.4 Å². The number of rotatable bonds is 3. The molecule has 1 unspecified atom stereocenters. The number of amides is 2. The Morgan fingerprint density at radius 3 is 2.55 bits per heavy atom. The van der Waals surface area contributed by atoms with Crippen LogP contribution in [0.2, 0.25) is 0 Å². The average Bonchev–Trinajstić information content (AvgIpc) is 2.84. The van der Waals surface area contributed by atoms with Crippen LogP contribution < -0.4 is 11.1 Å². The van der Waals surface area contributed by atoms with E-state index in [1.807, 2.05) is 11.8 Å². The Kier molecular flexibility index (Phi) is 4.65. The van der Waals surface area contributed by atoms with E-state index in [-0.39, 0.29) is 17.9 Å². The van der Waals surface area contributed by atoms with E-state index in [4.69, 9.17) is 5.73 Å². The highest BCUT2D eigenvalue weighted by atomic mass is 16.2. The standard InChI is InChI=1S/C14H26N4O2/c1-14(13(20)16-2)5-8-18(10-14)12(19)9-17-6-3-11(15)4-7-17/h11H,3-10,15H2,1-2H3,(H,16,20). The van der Waals surface area contributed by atoms with E-state index in [0.29, 0.717) is 19.6 Å². The first kappa shape index (κ1) is 15.3. The fourth-order valence-corrected chi connectivity index (χ4v) is 3.06. The van der Waals surface area contributed by atoms with Crippen molar-refractivity contribution >= 4 is 11.8 Å². The molecule has 6 heteroatoms. The molecule has 0 aliphatic carbocycles. The molecule has 2 rings (SSSR count). The molecule has 0 spiro atoms. The van der Waals surface area contributed by atoms with Crippen LogP contribution in [0.5, 0.6) is 0 Å². The third kappa shape index (κ3) is 3.30. The van der Waals surface area contributed by atoms with Gasteiger partial charge in [-0.1, -0.05) is 0 Å². The minimum Gasteiger partial charge on any atom is -0.359 e. The van der Waals surface area contributed by atoms with Crippen LogP contribution in [-0.2, 0) is 9.59 Å². The number of nitrogens with two attached hydrogens (primary N) is 1. The lowest BCUT2D eigenvalue weighted by Crippen LogP contribution is -2.46. The van der Waals surface area contributed by atoms with E-state index in [9.17, 15) is 9.59 Å². The number of likely N-dealkylation sites (tertiary alicyclic amines) is 2. The van der Waals surface area contributed by atoms with E-state index in [1.165, 1.54) is 0 Å². The molecule has 0 saturated carbocycles. The molecule has 2 heterocycles. The summed E-state index contributed by atoms with van der Waals surface area (Å²) in [6, 6.07) is 0.282. The van der Waals surface area contributed by atoms with Gasteiger partial charge in [0.05, 0.1) is 12.0 Å². The molecule has 0 aromatic heterocycles. The Labute approximate surface area is 120 Å². The topological polar surface area (TPSA) is 78.7 Å². The number of nitrogens with one attached hydrogen (secondary N) is 1. The van der Waals surface area contributed by atoms with Gasteiger partial charge in [0.25, 0.3) is 0 Å². The average molecular weight is 282 g/mol. The Morgan fingerprint density at radius 1 is 1.30 bits per heavy atom. The lowest BCUT2D eigenvalue weighted by molar-refractivity contribution is -0.133. The molecule has 2 aliphatic heterocycles. The van der Waals surface area contributed by atoms with Crippen LogP contribution in [0, 0.1) is 5.41 Å². The summed E-state index contributed by atoms with van der Waals surface area (Å²) in [6.07, 6.45) is 2.66. The SMILES string of the molecule is CNC(=O)C1(C)CCN(C(=O)CN2CCC(N)CC2)C1. The molecule has 6 nitrogen and oxygen atoms in total. The van der Waals surface area contributed by atoms with E-state index >= 15 is 0 Å². The number of hydrogen-bond donors (Lipinski definition) is 2. The Hall–Kier alpha value is -1.14. The van der Waals surface area contributed by atoms with E-state index in [1.54, 1.807) is 7.05 Å². The Bertz CT molecular complexity index is 379. The third-order valence-corrected chi connectivity index (χ3v) is 4.59. The first-order valence-electron chi connectivity index (χ1n) is 7.42. The summed E-state index contributed by atoms with van der Waals surface area (Å²) in [7, 11) is 1.65. The van der Waals surface area contributed by atoms with Crippen LogP contribution in [0.3, 0.4) is 0 Å². The van der Waals surface area contributed by atoms with Crippen molar-refractivity contribution in [2.75, 3.05) is 39.8 Å². The second-order valence-electron chi connectivity index (χ2n) is 6.32. The van der Waals surface area contributed by atoms with Gasteiger partial charge in [0, 0.05) is 39.3 Å². The largest absolute Gasteiger partial charge is 0.359 e. The molecule has 20 heavy (non-hydrogen) atoms. The smallest absolute Gasteiger partial charge is 0.236 e. The number of carbonyl (C=O) groups excluding carboxylic acids is 2. The zero-order valence-electron chi connectivity index (χ0n) is 12.5. The molecule has 0 bridgehead atoms. The maximum atomic E-state index is 12.3. The number of carbonyl (C=O) groups is 2. The van der Waals surface area contributed by atoms with Gasteiger partial charge >= 0.3 is 0 Å². The van der Waals surface area contributed by atoms with Crippen LogP contribution >= 0.6 is 0 Å². The number of nitrogens with zero attached hydrogens (tertiary/aromatic N) is 2. The van der Waals surface area contributed by atoms with Gasteiger partial charge in [-0.15, -0.1) is 0 Å². The molecule has 3 N–H and O–H groups in total. The van der Waals surface area contributed by atoms with Crippen LogP contribution in [-0.4, -0.2) is 67.4 Å². The van der Waals surface area contributed by atoms with Gasteiger partial charge in [-0.2, -0.15) is 0 Å². The van der Waals surface area contributed by atoms with Gasteiger partial charge in [0.2, 0.25) is 11.8 Å². The maximum absolute atomic E-state index is 12.3. The first-order chi connectivity index (χ1) is 9.44. The molecule has 2 fully saturated rings. The van der Waals surface area contributed by atoms with Crippen LogP contribution in [0.15, 0.2) is 0 Å².